The lowest BCUT2D eigenvalue weighted by atomic mass is 9.97. The van der Waals surface area contributed by atoms with Gasteiger partial charge in [-0.25, -0.2) is 8.42 Å². The fraction of sp³-hybridized carbons (Fsp3) is 0.409. The topological polar surface area (TPSA) is 75.7 Å². The van der Waals surface area contributed by atoms with Crippen LogP contribution in [0.15, 0.2) is 47.4 Å². The molecular weight excluding hydrogens is 388 g/mol. The predicted molar refractivity (Wildman–Crippen MR) is 114 cm³/mol. The number of sulfonamides is 1. The Kier molecular flexibility index (Phi) is 6.59. The summed E-state index contributed by atoms with van der Waals surface area (Å²) in [6.45, 7) is 4.57. The van der Waals surface area contributed by atoms with Gasteiger partial charge in [0, 0.05) is 24.7 Å². The van der Waals surface area contributed by atoms with Gasteiger partial charge in [0.2, 0.25) is 15.9 Å². The van der Waals surface area contributed by atoms with Crippen LogP contribution in [0.3, 0.4) is 0 Å². The molecule has 0 atom stereocenters. The normalized spacial score (nSPS) is 15.8. The molecule has 1 heterocycles. The lowest BCUT2D eigenvalue weighted by molar-refractivity contribution is -0.120. The van der Waals surface area contributed by atoms with E-state index in [-0.39, 0.29) is 16.7 Å². The molecule has 1 N–H and O–H groups in total. The van der Waals surface area contributed by atoms with E-state index in [1.165, 1.54) is 9.87 Å². The van der Waals surface area contributed by atoms with E-state index in [1.807, 2.05) is 31.2 Å². The molecule has 1 fully saturated rings. The number of hydrogen-bond donors (Lipinski definition) is 1. The molecule has 0 radical (unpaired) electrons. The highest BCUT2D eigenvalue weighted by Crippen LogP contribution is 2.27. The maximum absolute atomic E-state index is 13.0. The van der Waals surface area contributed by atoms with E-state index in [1.54, 1.807) is 25.3 Å². The number of methoxy groups -OCH3 is 1. The zero-order chi connectivity index (χ0) is 21.0. The lowest BCUT2D eigenvalue weighted by Gasteiger charge is -2.30. The van der Waals surface area contributed by atoms with Crippen LogP contribution in [0.5, 0.6) is 5.75 Å². The van der Waals surface area contributed by atoms with E-state index in [0.29, 0.717) is 31.7 Å². The zero-order valence-corrected chi connectivity index (χ0v) is 18.0. The summed E-state index contributed by atoms with van der Waals surface area (Å²) < 4.78 is 32.6. The molecule has 1 saturated heterocycles. The van der Waals surface area contributed by atoms with E-state index in [9.17, 15) is 13.2 Å². The summed E-state index contributed by atoms with van der Waals surface area (Å²) >= 11 is 0. The van der Waals surface area contributed by atoms with Gasteiger partial charge >= 0.3 is 0 Å². The number of aryl methyl sites for hydroxylation is 2. The number of amides is 1. The van der Waals surface area contributed by atoms with Crippen molar-refractivity contribution in [1.82, 2.24) is 4.31 Å². The summed E-state index contributed by atoms with van der Waals surface area (Å²) in [5.41, 5.74) is 2.77. The van der Waals surface area contributed by atoms with Crippen LogP contribution in [0.1, 0.15) is 30.9 Å². The van der Waals surface area contributed by atoms with Gasteiger partial charge in [-0.3, -0.25) is 4.79 Å². The van der Waals surface area contributed by atoms with Gasteiger partial charge in [0.05, 0.1) is 12.0 Å². The standard InChI is InChI=1S/C22H28N2O4S/c1-4-17-5-7-19(8-6-17)23-22(25)18-11-13-24(14-12-18)29(26,27)20-9-10-21(28-3)16(2)15-20/h5-10,15,18H,4,11-14H2,1-3H3,(H,23,25). The van der Waals surface area contributed by atoms with Crippen LogP contribution in [0.2, 0.25) is 0 Å². The molecule has 7 heteroatoms. The molecule has 0 spiro atoms. The minimum absolute atomic E-state index is 0.0495. The number of carbonyl (C=O) groups excluding carboxylic acids is 1. The molecule has 0 saturated carbocycles. The van der Waals surface area contributed by atoms with Crippen molar-refractivity contribution in [3.63, 3.8) is 0 Å². The third kappa shape index (κ3) is 4.79. The Morgan fingerprint density at radius 3 is 2.34 bits per heavy atom. The number of benzene rings is 2. The van der Waals surface area contributed by atoms with Crippen LogP contribution in [-0.2, 0) is 21.2 Å². The first kappa shape index (κ1) is 21.3. The van der Waals surface area contributed by atoms with E-state index in [0.717, 1.165) is 17.7 Å². The molecule has 2 aromatic rings. The van der Waals surface area contributed by atoms with Crippen molar-refractivity contribution in [3.05, 3.63) is 53.6 Å². The fourth-order valence-electron chi connectivity index (χ4n) is 3.59. The van der Waals surface area contributed by atoms with Crippen LogP contribution in [-0.4, -0.2) is 38.8 Å². The van der Waals surface area contributed by atoms with Gasteiger partial charge in [0.15, 0.2) is 0 Å². The number of rotatable bonds is 6. The molecule has 1 amide bonds. The highest BCUT2D eigenvalue weighted by molar-refractivity contribution is 7.89. The Morgan fingerprint density at radius 2 is 1.79 bits per heavy atom. The van der Waals surface area contributed by atoms with E-state index < -0.39 is 10.0 Å². The summed E-state index contributed by atoms with van der Waals surface area (Å²) in [5, 5.41) is 2.95. The van der Waals surface area contributed by atoms with Crippen molar-refractivity contribution in [2.45, 2.75) is 38.0 Å². The molecule has 0 bridgehead atoms. The Bertz CT molecular complexity index is 963. The molecule has 3 rings (SSSR count). The average molecular weight is 417 g/mol. The first-order chi connectivity index (χ1) is 13.8. The maximum Gasteiger partial charge on any atom is 0.243 e. The minimum Gasteiger partial charge on any atom is -0.496 e. The highest BCUT2D eigenvalue weighted by atomic mass is 32.2. The Balaban J connectivity index is 1.61. The summed E-state index contributed by atoms with van der Waals surface area (Å²) in [5.74, 6) is 0.419. The smallest absolute Gasteiger partial charge is 0.243 e. The Morgan fingerprint density at radius 1 is 1.14 bits per heavy atom. The van der Waals surface area contributed by atoms with Crippen molar-refractivity contribution in [2.75, 3.05) is 25.5 Å². The van der Waals surface area contributed by atoms with Crippen LogP contribution < -0.4 is 10.1 Å². The number of nitrogens with one attached hydrogen (secondary N) is 1. The maximum atomic E-state index is 13.0. The summed E-state index contributed by atoms with van der Waals surface area (Å²) in [6, 6.07) is 12.7. The molecule has 0 unspecified atom stereocenters. The van der Waals surface area contributed by atoms with Crippen molar-refractivity contribution in [3.8, 4) is 5.75 Å². The Labute approximate surface area is 172 Å². The second-order valence-electron chi connectivity index (χ2n) is 7.35. The van der Waals surface area contributed by atoms with E-state index >= 15 is 0 Å². The molecule has 2 aromatic carbocycles. The van der Waals surface area contributed by atoms with E-state index in [2.05, 4.69) is 12.2 Å². The molecule has 156 valence electrons. The second-order valence-corrected chi connectivity index (χ2v) is 9.29. The molecule has 0 aliphatic carbocycles. The van der Waals surface area contributed by atoms with Gasteiger partial charge in [-0.05, 0) is 67.6 Å². The minimum atomic E-state index is -3.58. The van der Waals surface area contributed by atoms with Gasteiger partial charge < -0.3 is 10.1 Å². The molecule has 29 heavy (non-hydrogen) atoms. The van der Waals surface area contributed by atoms with Gasteiger partial charge in [-0.15, -0.1) is 0 Å². The number of piperidine rings is 1. The van der Waals surface area contributed by atoms with Crippen molar-refractivity contribution < 1.29 is 17.9 Å². The van der Waals surface area contributed by atoms with Crippen molar-refractivity contribution >= 4 is 21.6 Å². The number of ether oxygens (including phenoxy) is 1. The average Bonchev–Trinajstić information content (AvgIpc) is 2.74. The van der Waals surface area contributed by atoms with Crippen LogP contribution in [0.25, 0.3) is 0 Å². The van der Waals surface area contributed by atoms with Gasteiger partial charge in [0.1, 0.15) is 5.75 Å². The summed E-state index contributed by atoms with van der Waals surface area (Å²) in [7, 11) is -2.02. The molecule has 1 aliphatic heterocycles. The number of anilines is 1. The fourth-order valence-corrected chi connectivity index (χ4v) is 5.14. The third-order valence-corrected chi connectivity index (χ3v) is 7.35. The largest absolute Gasteiger partial charge is 0.496 e. The zero-order valence-electron chi connectivity index (χ0n) is 17.1. The van der Waals surface area contributed by atoms with Gasteiger partial charge in [0.25, 0.3) is 0 Å². The predicted octanol–water partition coefficient (Wildman–Crippen LogP) is 3.61. The number of hydrogen-bond acceptors (Lipinski definition) is 4. The monoisotopic (exact) mass is 416 g/mol. The lowest BCUT2D eigenvalue weighted by Crippen LogP contribution is -2.41. The number of carbonyl (C=O) groups is 1. The first-order valence-corrected chi connectivity index (χ1v) is 11.3. The van der Waals surface area contributed by atoms with Crippen LogP contribution >= 0.6 is 0 Å². The van der Waals surface area contributed by atoms with Gasteiger partial charge in [-0.1, -0.05) is 19.1 Å². The van der Waals surface area contributed by atoms with E-state index in [4.69, 9.17) is 4.74 Å². The van der Waals surface area contributed by atoms with Crippen molar-refractivity contribution in [1.29, 1.82) is 0 Å². The second kappa shape index (κ2) is 8.97. The third-order valence-electron chi connectivity index (χ3n) is 5.46. The van der Waals surface area contributed by atoms with Gasteiger partial charge in [-0.2, -0.15) is 4.31 Å². The molecule has 1 aliphatic rings. The van der Waals surface area contributed by atoms with Crippen LogP contribution in [0, 0.1) is 12.8 Å². The Hall–Kier alpha value is -2.38. The highest BCUT2D eigenvalue weighted by Gasteiger charge is 2.32. The number of nitrogens with zero attached hydrogens (tertiary/aromatic N) is 1. The van der Waals surface area contributed by atoms with Crippen LogP contribution in [0.4, 0.5) is 5.69 Å². The molecule has 0 aromatic heterocycles. The first-order valence-electron chi connectivity index (χ1n) is 9.89. The summed E-state index contributed by atoms with van der Waals surface area (Å²) in [4.78, 5) is 12.8. The van der Waals surface area contributed by atoms with Crippen molar-refractivity contribution in [2.24, 2.45) is 5.92 Å². The SMILES string of the molecule is CCc1ccc(NC(=O)C2CCN(S(=O)(=O)c3ccc(OC)c(C)c3)CC2)cc1. The quantitative estimate of drug-likeness (QED) is 0.781. The summed E-state index contributed by atoms with van der Waals surface area (Å²) in [6.07, 6.45) is 1.97. The molecular formula is C22H28N2O4S. The molecule has 6 nitrogen and oxygen atoms in total.